The zero-order valence-corrected chi connectivity index (χ0v) is 13.0. The van der Waals surface area contributed by atoms with Crippen LogP contribution >= 0.6 is 31.9 Å². The number of nitrogens with one attached hydrogen (secondary N) is 1. The molecule has 0 spiro atoms. The van der Waals surface area contributed by atoms with E-state index in [4.69, 9.17) is 0 Å². The average Bonchev–Trinajstić information content (AvgIpc) is 2.72. The Hall–Kier alpha value is -0.850. The quantitative estimate of drug-likeness (QED) is 0.864. The lowest BCUT2D eigenvalue weighted by molar-refractivity contribution is 0.468. The number of aromatic hydroxyl groups is 1. The zero-order valence-electron chi connectivity index (χ0n) is 9.82. The van der Waals surface area contributed by atoms with Gasteiger partial charge in [-0.25, -0.2) is 0 Å². The number of nitrogens with zero attached hydrogens (tertiary/aromatic N) is 2. The first-order valence-electron chi connectivity index (χ1n) is 5.41. The van der Waals surface area contributed by atoms with Gasteiger partial charge in [0.25, 0.3) is 0 Å². The van der Waals surface area contributed by atoms with Crippen LogP contribution in [-0.2, 0) is 20.1 Å². The molecule has 1 aromatic heterocycles. The highest BCUT2D eigenvalue weighted by Crippen LogP contribution is 2.33. The van der Waals surface area contributed by atoms with Crippen LogP contribution in [0.5, 0.6) is 5.75 Å². The van der Waals surface area contributed by atoms with E-state index in [2.05, 4.69) is 42.3 Å². The SMILES string of the molecule is Cn1cc(CNCc2cc(Br)c(O)c(Br)c2)cn1. The van der Waals surface area contributed by atoms with E-state index in [1.807, 2.05) is 31.6 Å². The predicted octanol–water partition coefficient (Wildman–Crippen LogP) is 2.94. The summed E-state index contributed by atoms with van der Waals surface area (Å²) in [5, 5.41) is 17.1. The average molecular weight is 375 g/mol. The molecule has 6 heteroatoms. The van der Waals surface area contributed by atoms with E-state index < -0.39 is 0 Å². The second-order valence-electron chi connectivity index (χ2n) is 4.03. The molecular formula is C12H13Br2N3O. The van der Waals surface area contributed by atoms with Crippen LogP contribution in [0.2, 0.25) is 0 Å². The number of phenolic OH excluding ortho intramolecular Hbond substituents is 1. The standard InChI is InChI=1S/C12H13Br2N3O/c1-17-7-9(6-16-17)5-15-4-8-2-10(13)12(18)11(14)3-8/h2-3,6-7,15,18H,4-5H2,1H3. The summed E-state index contributed by atoms with van der Waals surface area (Å²) in [6, 6.07) is 3.80. The van der Waals surface area contributed by atoms with Crippen molar-refractivity contribution in [1.82, 2.24) is 15.1 Å². The molecule has 4 nitrogen and oxygen atoms in total. The number of aromatic nitrogens is 2. The Labute approximate surface area is 122 Å². The number of aryl methyl sites for hydroxylation is 1. The lowest BCUT2D eigenvalue weighted by Gasteiger charge is -2.07. The van der Waals surface area contributed by atoms with Crippen LogP contribution in [-0.4, -0.2) is 14.9 Å². The highest BCUT2D eigenvalue weighted by molar-refractivity contribution is 9.11. The Morgan fingerprint density at radius 2 is 1.83 bits per heavy atom. The molecule has 0 fully saturated rings. The first kappa shape index (κ1) is 13.6. The van der Waals surface area contributed by atoms with Crippen LogP contribution in [0.15, 0.2) is 33.5 Å². The molecular weight excluding hydrogens is 362 g/mol. The fraction of sp³-hybridized carbons (Fsp3) is 0.250. The Morgan fingerprint density at radius 1 is 1.22 bits per heavy atom. The topological polar surface area (TPSA) is 50.1 Å². The van der Waals surface area contributed by atoms with Crippen LogP contribution in [0.3, 0.4) is 0 Å². The maximum Gasteiger partial charge on any atom is 0.143 e. The minimum atomic E-state index is 0.228. The van der Waals surface area contributed by atoms with Crippen LogP contribution in [0.25, 0.3) is 0 Å². The van der Waals surface area contributed by atoms with Gasteiger partial charge in [0.05, 0.1) is 15.1 Å². The van der Waals surface area contributed by atoms with E-state index in [1.54, 1.807) is 4.68 Å². The zero-order chi connectivity index (χ0) is 13.1. The third kappa shape index (κ3) is 3.34. The summed E-state index contributed by atoms with van der Waals surface area (Å²) in [5.41, 5.74) is 2.24. The maximum atomic E-state index is 9.61. The molecule has 0 radical (unpaired) electrons. The van der Waals surface area contributed by atoms with Crippen molar-refractivity contribution in [2.24, 2.45) is 7.05 Å². The molecule has 2 N–H and O–H groups in total. The van der Waals surface area contributed by atoms with E-state index in [1.165, 1.54) is 0 Å². The molecule has 96 valence electrons. The largest absolute Gasteiger partial charge is 0.506 e. The Balaban J connectivity index is 1.94. The fourth-order valence-electron chi connectivity index (χ4n) is 1.63. The number of benzene rings is 1. The Morgan fingerprint density at radius 3 is 2.39 bits per heavy atom. The lowest BCUT2D eigenvalue weighted by atomic mass is 10.2. The smallest absolute Gasteiger partial charge is 0.143 e. The van der Waals surface area contributed by atoms with E-state index in [9.17, 15) is 5.11 Å². The highest BCUT2D eigenvalue weighted by atomic mass is 79.9. The van der Waals surface area contributed by atoms with Crippen molar-refractivity contribution in [3.05, 3.63) is 44.6 Å². The number of halogens is 2. The third-order valence-electron chi connectivity index (χ3n) is 2.49. The molecule has 0 saturated carbocycles. The van der Waals surface area contributed by atoms with Crippen molar-refractivity contribution in [3.63, 3.8) is 0 Å². The second-order valence-corrected chi connectivity index (χ2v) is 5.74. The molecule has 0 aliphatic carbocycles. The van der Waals surface area contributed by atoms with Crippen molar-refractivity contribution in [2.75, 3.05) is 0 Å². The molecule has 2 rings (SSSR count). The van der Waals surface area contributed by atoms with Crippen molar-refractivity contribution in [2.45, 2.75) is 13.1 Å². The molecule has 0 unspecified atom stereocenters. The summed E-state index contributed by atoms with van der Waals surface area (Å²) in [7, 11) is 1.90. The van der Waals surface area contributed by atoms with Gasteiger partial charge in [0.2, 0.25) is 0 Å². The van der Waals surface area contributed by atoms with Crippen LogP contribution in [0.1, 0.15) is 11.1 Å². The molecule has 2 aromatic rings. The second kappa shape index (κ2) is 5.86. The van der Waals surface area contributed by atoms with Crippen LogP contribution < -0.4 is 5.32 Å². The molecule has 1 heterocycles. The van der Waals surface area contributed by atoms with Crippen molar-refractivity contribution in [1.29, 1.82) is 0 Å². The van der Waals surface area contributed by atoms with Gasteiger partial charge in [0, 0.05) is 31.9 Å². The van der Waals surface area contributed by atoms with Gasteiger partial charge in [0.15, 0.2) is 0 Å². The number of phenols is 1. The number of hydrogen-bond acceptors (Lipinski definition) is 3. The van der Waals surface area contributed by atoms with Gasteiger partial charge in [0.1, 0.15) is 5.75 Å². The molecule has 0 saturated heterocycles. The van der Waals surface area contributed by atoms with Gasteiger partial charge < -0.3 is 10.4 Å². The predicted molar refractivity (Wildman–Crippen MR) is 77.3 cm³/mol. The summed E-state index contributed by atoms with van der Waals surface area (Å²) in [6.45, 7) is 1.50. The molecule has 0 aliphatic heterocycles. The summed E-state index contributed by atoms with van der Waals surface area (Å²) < 4.78 is 3.16. The van der Waals surface area contributed by atoms with Crippen molar-refractivity contribution in [3.8, 4) is 5.75 Å². The van der Waals surface area contributed by atoms with Crippen LogP contribution in [0.4, 0.5) is 0 Å². The fourth-order valence-corrected chi connectivity index (χ4v) is 2.92. The van der Waals surface area contributed by atoms with Gasteiger partial charge in [-0.3, -0.25) is 4.68 Å². The van der Waals surface area contributed by atoms with E-state index >= 15 is 0 Å². The number of rotatable bonds is 4. The Kier molecular flexibility index (Phi) is 4.42. The van der Waals surface area contributed by atoms with Gasteiger partial charge in [-0.15, -0.1) is 0 Å². The minimum absolute atomic E-state index is 0.228. The van der Waals surface area contributed by atoms with E-state index in [-0.39, 0.29) is 5.75 Å². The maximum absolute atomic E-state index is 9.61. The van der Waals surface area contributed by atoms with Gasteiger partial charge in [-0.05, 0) is 49.6 Å². The van der Waals surface area contributed by atoms with E-state index in [0.717, 1.165) is 24.2 Å². The molecule has 0 amide bonds. The first-order valence-corrected chi connectivity index (χ1v) is 7.00. The molecule has 18 heavy (non-hydrogen) atoms. The first-order chi connectivity index (χ1) is 8.56. The minimum Gasteiger partial charge on any atom is -0.506 e. The van der Waals surface area contributed by atoms with Crippen molar-refractivity contribution >= 4 is 31.9 Å². The highest BCUT2D eigenvalue weighted by Gasteiger charge is 2.05. The third-order valence-corrected chi connectivity index (χ3v) is 3.70. The van der Waals surface area contributed by atoms with Gasteiger partial charge >= 0.3 is 0 Å². The molecule has 0 atom stereocenters. The summed E-state index contributed by atoms with van der Waals surface area (Å²) >= 11 is 6.63. The number of hydrogen-bond donors (Lipinski definition) is 2. The van der Waals surface area contributed by atoms with Crippen molar-refractivity contribution < 1.29 is 5.11 Å². The van der Waals surface area contributed by atoms with Gasteiger partial charge in [-0.2, -0.15) is 5.10 Å². The summed E-state index contributed by atoms with van der Waals surface area (Å²) in [5.74, 6) is 0.228. The summed E-state index contributed by atoms with van der Waals surface area (Å²) in [6.07, 6.45) is 3.82. The van der Waals surface area contributed by atoms with Gasteiger partial charge in [-0.1, -0.05) is 0 Å². The molecule has 1 aromatic carbocycles. The molecule has 0 aliphatic rings. The monoisotopic (exact) mass is 373 g/mol. The lowest BCUT2D eigenvalue weighted by Crippen LogP contribution is -2.12. The normalized spacial score (nSPS) is 10.8. The summed E-state index contributed by atoms with van der Waals surface area (Å²) in [4.78, 5) is 0. The molecule has 0 bridgehead atoms. The van der Waals surface area contributed by atoms with E-state index in [0.29, 0.717) is 8.95 Å². The Bertz CT molecular complexity index is 531. The van der Waals surface area contributed by atoms with Crippen LogP contribution in [0, 0.1) is 0 Å².